The van der Waals surface area contributed by atoms with E-state index < -0.39 is 5.97 Å². The number of carboxylic acid groups (broad SMARTS) is 1. The van der Waals surface area contributed by atoms with Gasteiger partial charge in [0.2, 0.25) is 5.91 Å². The Bertz CT molecular complexity index is 513. The van der Waals surface area contributed by atoms with Crippen LogP contribution in [-0.4, -0.2) is 23.5 Å². The summed E-state index contributed by atoms with van der Waals surface area (Å²) < 4.78 is 0. The van der Waals surface area contributed by atoms with Crippen LogP contribution in [0.3, 0.4) is 0 Å². The van der Waals surface area contributed by atoms with Gasteiger partial charge in [-0.3, -0.25) is 4.79 Å². The zero-order chi connectivity index (χ0) is 14.1. The molecule has 0 bridgehead atoms. The highest BCUT2D eigenvalue weighted by atomic mass is 16.4. The van der Waals surface area contributed by atoms with Crippen molar-refractivity contribution in [2.24, 2.45) is 17.8 Å². The summed E-state index contributed by atoms with van der Waals surface area (Å²) in [5.41, 5.74) is 1.34. The van der Waals surface area contributed by atoms with Crippen LogP contribution in [0.4, 0.5) is 0 Å². The van der Waals surface area contributed by atoms with E-state index in [-0.39, 0.29) is 11.8 Å². The number of rotatable bonds is 5. The molecule has 106 valence electrons. The summed E-state index contributed by atoms with van der Waals surface area (Å²) in [4.78, 5) is 22.7. The predicted octanol–water partition coefficient (Wildman–Crippen LogP) is 2.09. The number of benzene rings is 1. The SMILES string of the molecule is O=C(O)c1ccc(CCNC(=O)C2CC3CC3C2)cc1. The van der Waals surface area contributed by atoms with E-state index in [0.717, 1.165) is 36.7 Å². The van der Waals surface area contributed by atoms with Crippen LogP contribution >= 0.6 is 0 Å². The minimum absolute atomic E-state index is 0.194. The second-order valence-electron chi connectivity index (χ2n) is 5.97. The van der Waals surface area contributed by atoms with Gasteiger partial charge in [-0.25, -0.2) is 4.79 Å². The summed E-state index contributed by atoms with van der Waals surface area (Å²) in [6.45, 7) is 0.622. The van der Waals surface area contributed by atoms with Gasteiger partial charge >= 0.3 is 5.97 Å². The van der Waals surface area contributed by atoms with E-state index in [2.05, 4.69) is 5.32 Å². The monoisotopic (exact) mass is 273 g/mol. The van der Waals surface area contributed by atoms with Gasteiger partial charge in [-0.2, -0.15) is 0 Å². The summed E-state index contributed by atoms with van der Waals surface area (Å²) in [6, 6.07) is 6.81. The minimum atomic E-state index is -0.912. The lowest BCUT2D eigenvalue weighted by molar-refractivity contribution is -0.125. The highest BCUT2D eigenvalue weighted by molar-refractivity contribution is 5.87. The van der Waals surface area contributed by atoms with Crippen molar-refractivity contribution in [1.82, 2.24) is 5.32 Å². The van der Waals surface area contributed by atoms with Crippen LogP contribution in [0.15, 0.2) is 24.3 Å². The maximum absolute atomic E-state index is 12.0. The first-order valence-corrected chi connectivity index (χ1v) is 7.23. The summed E-state index contributed by atoms with van der Waals surface area (Å²) in [6.07, 6.45) is 4.22. The predicted molar refractivity (Wildman–Crippen MR) is 74.4 cm³/mol. The number of carboxylic acids is 1. The van der Waals surface area contributed by atoms with Gasteiger partial charge in [0.1, 0.15) is 0 Å². The van der Waals surface area contributed by atoms with Crippen molar-refractivity contribution in [1.29, 1.82) is 0 Å². The molecule has 0 radical (unpaired) electrons. The van der Waals surface area contributed by atoms with Crippen LogP contribution in [0.1, 0.15) is 35.2 Å². The number of carbonyl (C=O) groups excluding carboxylic acids is 1. The number of nitrogens with one attached hydrogen (secondary N) is 1. The lowest BCUT2D eigenvalue weighted by Crippen LogP contribution is -2.31. The molecule has 1 aromatic carbocycles. The molecule has 0 aromatic heterocycles. The number of fused-ring (bicyclic) bond motifs is 1. The van der Waals surface area contributed by atoms with Crippen LogP contribution in [0, 0.1) is 17.8 Å². The molecule has 2 atom stereocenters. The van der Waals surface area contributed by atoms with E-state index in [1.165, 1.54) is 6.42 Å². The van der Waals surface area contributed by atoms with Gasteiger partial charge in [0, 0.05) is 12.5 Å². The first-order valence-electron chi connectivity index (χ1n) is 7.23. The van der Waals surface area contributed by atoms with Crippen molar-refractivity contribution in [2.45, 2.75) is 25.7 Å². The summed E-state index contributed by atoms with van der Waals surface area (Å²) in [5, 5.41) is 11.8. The Balaban J connectivity index is 1.42. The molecule has 20 heavy (non-hydrogen) atoms. The van der Waals surface area contributed by atoms with Crippen LogP contribution in [0.25, 0.3) is 0 Å². The molecule has 0 aliphatic heterocycles. The normalized spacial score (nSPS) is 26.9. The number of aromatic carboxylic acids is 1. The van der Waals surface area contributed by atoms with Gasteiger partial charge in [0.15, 0.2) is 0 Å². The molecule has 1 amide bonds. The van der Waals surface area contributed by atoms with Gasteiger partial charge in [-0.05, 0) is 55.2 Å². The van der Waals surface area contributed by atoms with Crippen molar-refractivity contribution in [3.63, 3.8) is 0 Å². The van der Waals surface area contributed by atoms with Crippen molar-refractivity contribution in [2.75, 3.05) is 6.54 Å². The Morgan fingerprint density at radius 1 is 1.10 bits per heavy atom. The van der Waals surface area contributed by atoms with Gasteiger partial charge in [0.25, 0.3) is 0 Å². The molecule has 2 saturated carbocycles. The quantitative estimate of drug-likeness (QED) is 0.863. The summed E-state index contributed by atoms with van der Waals surface area (Å²) in [5.74, 6) is 1.17. The zero-order valence-electron chi connectivity index (χ0n) is 11.3. The van der Waals surface area contributed by atoms with Crippen molar-refractivity contribution in [3.05, 3.63) is 35.4 Å². The molecule has 2 aliphatic rings. The summed E-state index contributed by atoms with van der Waals surface area (Å²) >= 11 is 0. The fourth-order valence-electron chi connectivity index (χ4n) is 3.22. The topological polar surface area (TPSA) is 66.4 Å². The van der Waals surface area contributed by atoms with Crippen molar-refractivity contribution < 1.29 is 14.7 Å². The molecular formula is C16H19NO3. The fraction of sp³-hybridized carbons (Fsp3) is 0.500. The molecular weight excluding hydrogens is 254 g/mol. The van der Waals surface area contributed by atoms with Crippen molar-refractivity contribution in [3.8, 4) is 0 Å². The van der Waals surface area contributed by atoms with E-state index >= 15 is 0 Å². The van der Waals surface area contributed by atoms with E-state index in [1.807, 2.05) is 0 Å². The first-order chi connectivity index (χ1) is 9.63. The number of hydrogen-bond acceptors (Lipinski definition) is 2. The Hall–Kier alpha value is -1.84. The van der Waals surface area contributed by atoms with Crippen LogP contribution in [0.2, 0.25) is 0 Å². The smallest absolute Gasteiger partial charge is 0.335 e. The highest BCUT2D eigenvalue weighted by Gasteiger charge is 2.47. The molecule has 0 heterocycles. The third kappa shape index (κ3) is 2.84. The average molecular weight is 273 g/mol. The Labute approximate surface area is 118 Å². The molecule has 2 fully saturated rings. The molecule has 2 unspecified atom stereocenters. The molecule has 0 spiro atoms. The first kappa shape index (κ1) is 13.2. The van der Waals surface area contributed by atoms with Gasteiger partial charge in [-0.15, -0.1) is 0 Å². The third-order valence-electron chi connectivity index (χ3n) is 4.53. The standard InChI is InChI=1S/C16H19NO3/c18-15(14-8-12-7-13(12)9-14)17-6-5-10-1-3-11(4-2-10)16(19)20/h1-4,12-14H,5-9H2,(H,17,18)(H,19,20). The number of carbonyl (C=O) groups is 2. The van der Waals surface area contributed by atoms with E-state index in [9.17, 15) is 9.59 Å². The van der Waals surface area contributed by atoms with E-state index in [0.29, 0.717) is 12.1 Å². The lowest BCUT2D eigenvalue weighted by atomic mass is 10.0. The third-order valence-corrected chi connectivity index (χ3v) is 4.53. The van der Waals surface area contributed by atoms with Gasteiger partial charge < -0.3 is 10.4 Å². The second-order valence-corrected chi connectivity index (χ2v) is 5.97. The molecule has 2 aliphatic carbocycles. The average Bonchev–Trinajstić information content (AvgIpc) is 3.05. The molecule has 0 saturated heterocycles. The molecule has 4 nitrogen and oxygen atoms in total. The second kappa shape index (κ2) is 5.27. The highest BCUT2D eigenvalue weighted by Crippen LogP contribution is 2.54. The maximum atomic E-state index is 12.0. The maximum Gasteiger partial charge on any atom is 0.335 e. The van der Waals surface area contributed by atoms with Crippen LogP contribution in [-0.2, 0) is 11.2 Å². The zero-order valence-corrected chi connectivity index (χ0v) is 11.3. The van der Waals surface area contributed by atoms with Crippen molar-refractivity contribution >= 4 is 11.9 Å². The largest absolute Gasteiger partial charge is 0.478 e. The summed E-state index contributed by atoms with van der Waals surface area (Å²) in [7, 11) is 0. The number of hydrogen-bond donors (Lipinski definition) is 2. The molecule has 1 aromatic rings. The van der Waals surface area contributed by atoms with Gasteiger partial charge in [-0.1, -0.05) is 12.1 Å². The lowest BCUT2D eigenvalue weighted by Gasteiger charge is -2.12. The molecule has 3 rings (SSSR count). The molecule has 2 N–H and O–H groups in total. The molecule has 4 heteroatoms. The van der Waals surface area contributed by atoms with E-state index in [4.69, 9.17) is 5.11 Å². The van der Waals surface area contributed by atoms with Crippen LogP contribution in [0.5, 0.6) is 0 Å². The Morgan fingerprint density at radius 3 is 2.35 bits per heavy atom. The number of amides is 1. The van der Waals surface area contributed by atoms with E-state index in [1.54, 1.807) is 24.3 Å². The Morgan fingerprint density at radius 2 is 1.75 bits per heavy atom. The van der Waals surface area contributed by atoms with Gasteiger partial charge in [0.05, 0.1) is 5.56 Å². The van der Waals surface area contributed by atoms with Crippen LogP contribution < -0.4 is 5.32 Å². The minimum Gasteiger partial charge on any atom is -0.478 e. The Kier molecular flexibility index (Phi) is 3.47. The fourth-order valence-corrected chi connectivity index (χ4v) is 3.22.